The lowest BCUT2D eigenvalue weighted by Gasteiger charge is -2.25. The van der Waals surface area contributed by atoms with Gasteiger partial charge in [0.05, 0.1) is 21.4 Å². The van der Waals surface area contributed by atoms with Crippen LogP contribution in [0.2, 0.25) is 4.34 Å². The van der Waals surface area contributed by atoms with Crippen molar-refractivity contribution in [2.75, 3.05) is 6.61 Å². The van der Waals surface area contributed by atoms with Crippen molar-refractivity contribution >= 4 is 34.6 Å². The second kappa shape index (κ2) is 7.96. The first-order chi connectivity index (χ1) is 13.1. The summed E-state index contributed by atoms with van der Waals surface area (Å²) in [5.41, 5.74) is 1.52. The molecule has 1 aromatic carbocycles. The fraction of sp³-hybridized carbons (Fsp3) is 0.368. The van der Waals surface area contributed by atoms with Gasteiger partial charge in [0.2, 0.25) is 6.10 Å². The number of nitrogens with zero attached hydrogens (tertiary/aromatic N) is 1. The quantitative estimate of drug-likeness (QED) is 0.811. The van der Waals surface area contributed by atoms with Crippen LogP contribution in [0.4, 0.5) is 4.39 Å². The van der Waals surface area contributed by atoms with Crippen LogP contribution in [0.3, 0.4) is 0 Å². The lowest BCUT2D eigenvalue weighted by Crippen LogP contribution is -2.41. The zero-order valence-electron chi connectivity index (χ0n) is 14.4. The van der Waals surface area contributed by atoms with Crippen molar-refractivity contribution in [1.29, 1.82) is 0 Å². The van der Waals surface area contributed by atoms with Gasteiger partial charge in [-0.1, -0.05) is 28.9 Å². The molecule has 1 saturated heterocycles. The van der Waals surface area contributed by atoms with E-state index in [-0.39, 0.29) is 23.9 Å². The minimum absolute atomic E-state index is 0.141. The number of oxime groups is 1. The van der Waals surface area contributed by atoms with Crippen molar-refractivity contribution in [2.45, 2.75) is 37.5 Å². The highest BCUT2D eigenvalue weighted by molar-refractivity contribution is 7.18. The number of halogens is 2. The van der Waals surface area contributed by atoms with Gasteiger partial charge in [-0.25, -0.2) is 4.39 Å². The number of ether oxygens (including phenoxy) is 1. The molecule has 27 heavy (non-hydrogen) atoms. The van der Waals surface area contributed by atoms with Crippen LogP contribution in [0.25, 0.3) is 0 Å². The Morgan fingerprint density at radius 2 is 2.11 bits per heavy atom. The molecule has 0 saturated carbocycles. The smallest absolute Gasteiger partial charge is 0.264 e. The Labute approximate surface area is 165 Å². The summed E-state index contributed by atoms with van der Waals surface area (Å²) >= 11 is 7.36. The number of thiophene rings is 1. The molecular weight excluding hydrogens is 391 g/mol. The van der Waals surface area contributed by atoms with Gasteiger partial charge in [-0.05, 0) is 42.7 Å². The first-order valence-corrected chi connectivity index (χ1v) is 9.95. The minimum atomic E-state index is -0.703. The highest BCUT2D eigenvalue weighted by Crippen LogP contribution is 2.29. The third-order valence-electron chi connectivity index (χ3n) is 4.68. The van der Waals surface area contributed by atoms with Gasteiger partial charge in [0.25, 0.3) is 5.91 Å². The standard InChI is InChI=1S/C19H18ClFN2O3S/c20-17-8-7-16(27-17)13-10-15(26-23-13)19(24)22-18(14-2-1-9-25-14)11-3-5-12(21)6-4-11/h3-8,14-15,18H,1-2,9-10H2,(H,22,24)/t14-,15+,18+/m0/s1. The number of rotatable bonds is 5. The van der Waals surface area contributed by atoms with E-state index in [4.69, 9.17) is 21.2 Å². The first-order valence-electron chi connectivity index (χ1n) is 8.76. The summed E-state index contributed by atoms with van der Waals surface area (Å²) in [6, 6.07) is 9.42. The van der Waals surface area contributed by atoms with Gasteiger partial charge in [0, 0.05) is 13.0 Å². The Morgan fingerprint density at radius 1 is 1.30 bits per heavy atom. The number of benzene rings is 1. The summed E-state index contributed by atoms with van der Waals surface area (Å²) in [5, 5.41) is 7.04. The Hall–Kier alpha value is -1.96. The SMILES string of the molecule is O=C(N[C@H](c1ccc(F)cc1)[C@@H]1CCCO1)[C@H]1CC(c2ccc(Cl)s2)=NO1. The van der Waals surface area contributed by atoms with Gasteiger partial charge < -0.3 is 14.9 Å². The largest absolute Gasteiger partial charge is 0.382 e. The molecule has 8 heteroatoms. The van der Waals surface area contributed by atoms with Crippen LogP contribution in [-0.2, 0) is 14.4 Å². The second-order valence-electron chi connectivity index (χ2n) is 6.53. The first kappa shape index (κ1) is 18.4. The zero-order chi connectivity index (χ0) is 18.8. The van der Waals surface area contributed by atoms with Crippen LogP contribution in [-0.4, -0.2) is 30.4 Å². The number of nitrogens with one attached hydrogen (secondary N) is 1. The van der Waals surface area contributed by atoms with Crippen LogP contribution in [0, 0.1) is 5.82 Å². The van der Waals surface area contributed by atoms with Crippen LogP contribution >= 0.6 is 22.9 Å². The van der Waals surface area contributed by atoms with Crippen LogP contribution in [0.1, 0.15) is 35.7 Å². The summed E-state index contributed by atoms with van der Waals surface area (Å²) in [5.74, 6) is -0.579. The van der Waals surface area contributed by atoms with E-state index in [9.17, 15) is 9.18 Å². The van der Waals surface area contributed by atoms with Crippen molar-refractivity contribution in [2.24, 2.45) is 5.16 Å². The maximum absolute atomic E-state index is 13.3. The van der Waals surface area contributed by atoms with E-state index < -0.39 is 6.10 Å². The lowest BCUT2D eigenvalue weighted by molar-refractivity contribution is -0.133. The summed E-state index contributed by atoms with van der Waals surface area (Å²) in [4.78, 5) is 19.0. The Kier molecular flexibility index (Phi) is 5.43. The molecule has 0 spiro atoms. The zero-order valence-corrected chi connectivity index (χ0v) is 15.9. The van der Waals surface area contributed by atoms with E-state index in [0.717, 1.165) is 23.3 Å². The number of carbonyl (C=O) groups excluding carboxylic acids is 1. The van der Waals surface area contributed by atoms with Crippen molar-refractivity contribution in [1.82, 2.24) is 5.32 Å². The molecule has 0 aliphatic carbocycles. The van der Waals surface area contributed by atoms with Crippen molar-refractivity contribution < 1.29 is 18.8 Å². The molecule has 1 fully saturated rings. The van der Waals surface area contributed by atoms with Gasteiger partial charge in [0.15, 0.2) is 0 Å². The van der Waals surface area contributed by atoms with Crippen molar-refractivity contribution in [3.05, 3.63) is 57.0 Å². The molecule has 3 atom stereocenters. The van der Waals surface area contributed by atoms with Crippen LogP contribution < -0.4 is 5.32 Å². The topological polar surface area (TPSA) is 59.9 Å². The summed E-state index contributed by atoms with van der Waals surface area (Å²) < 4.78 is 19.7. The number of carbonyl (C=O) groups is 1. The predicted molar refractivity (Wildman–Crippen MR) is 102 cm³/mol. The van der Waals surface area contributed by atoms with Crippen molar-refractivity contribution in [3.63, 3.8) is 0 Å². The summed E-state index contributed by atoms with van der Waals surface area (Å²) in [6.45, 7) is 0.657. The molecule has 2 aliphatic rings. The molecule has 1 aromatic heterocycles. The average molecular weight is 409 g/mol. The van der Waals surface area contributed by atoms with E-state index in [0.29, 0.717) is 23.1 Å². The summed E-state index contributed by atoms with van der Waals surface area (Å²) in [6.07, 6.45) is 1.31. The third kappa shape index (κ3) is 4.15. The van der Waals surface area contributed by atoms with Gasteiger partial charge in [-0.2, -0.15) is 0 Å². The van der Waals surface area contributed by atoms with Gasteiger partial charge >= 0.3 is 0 Å². The van der Waals surface area contributed by atoms with E-state index in [1.54, 1.807) is 18.2 Å². The molecule has 0 bridgehead atoms. The van der Waals surface area contributed by atoms with Crippen LogP contribution in [0.5, 0.6) is 0 Å². The van der Waals surface area contributed by atoms with Gasteiger partial charge in [-0.3, -0.25) is 4.79 Å². The highest BCUT2D eigenvalue weighted by Gasteiger charge is 2.34. The number of hydrogen-bond donors (Lipinski definition) is 1. The van der Waals surface area contributed by atoms with Crippen LogP contribution in [0.15, 0.2) is 41.6 Å². The molecule has 1 N–H and O–H groups in total. The maximum atomic E-state index is 13.3. The molecule has 3 heterocycles. The molecule has 2 aromatic rings. The minimum Gasteiger partial charge on any atom is -0.382 e. The molecule has 2 aliphatic heterocycles. The maximum Gasteiger partial charge on any atom is 0.264 e. The number of amides is 1. The molecule has 1 amide bonds. The average Bonchev–Trinajstić information content (AvgIpc) is 3.41. The fourth-order valence-corrected chi connectivity index (χ4v) is 4.34. The lowest BCUT2D eigenvalue weighted by atomic mass is 9.98. The molecular formula is C19H18ClFN2O3S. The predicted octanol–water partition coefficient (Wildman–Crippen LogP) is 4.07. The molecule has 4 rings (SSSR count). The molecule has 5 nitrogen and oxygen atoms in total. The normalized spacial score (nSPS) is 23.0. The van der Waals surface area contributed by atoms with Gasteiger partial charge in [-0.15, -0.1) is 11.3 Å². The highest BCUT2D eigenvalue weighted by atomic mass is 35.5. The Bertz CT molecular complexity index is 849. The summed E-state index contributed by atoms with van der Waals surface area (Å²) in [7, 11) is 0. The third-order valence-corrected chi connectivity index (χ3v) is 5.96. The van der Waals surface area contributed by atoms with Gasteiger partial charge in [0.1, 0.15) is 11.5 Å². The van der Waals surface area contributed by atoms with Crippen molar-refractivity contribution in [3.8, 4) is 0 Å². The molecule has 0 radical (unpaired) electrons. The number of hydrogen-bond acceptors (Lipinski definition) is 5. The molecule has 142 valence electrons. The Morgan fingerprint density at radius 3 is 2.78 bits per heavy atom. The van der Waals surface area contributed by atoms with E-state index in [1.165, 1.54) is 23.5 Å². The fourth-order valence-electron chi connectivity index (χ4n) is 3.31. The molecule has 0 unspecified atom stereocenters. The van der Waals surface area contributed by atoms with E-state index in [2.05, 4.69) is 10.5 Å². The second-order valence-corrected chi connectivity index (χ2v) is 8.24. The Balaban J connectivity index is 1.45. The van der Waals surface area contributed by atoms with E-state index in [1.807, 2.05) is 6.07 Å². The monoisotopic (exact) mass is 408 g/mol. The van der Waals surface area contributed by atoms with E-state index >= 15 is 0 Å².